The van der Waals surface area contributed by atoms with E-state index >= 15 is 0 Å². The van der Waals surface area contributed by atoms with Gasteiger partial charge in [-0.1, -0.05) is 77.5 Å². The van der Waals surface area contributed by atoms with E-state index in [1.807, 2.05) is 66.0 Å². The third-order valence-corrected chi connectivity index (χ3v) is 7.63. The Labute approximate surface area is 208 Å². The van der Waals surface area contributed by atoms with E-state index in [4.69, 9.17) is 21.3 Å². The van der Waals surface area contributed by atoms with Crippen LogP contribution < -0.4 is 14.9 Å². The number of ether oxygens (including phenoxy) is 1. The topological polar surface area (TPSA) is 60.7 Å². The van der Waals surface area contributed by atoms with E-state index in [2.05, 4.69) is 0 Å². The highest BCUT2D eigenvalue weighted by Gasteiger charge is 2.35. The minimum atomic E-state index is -0.640. The number of carbonyl (C=O) groups is 1. The second kappa shape index (κ2) is 9.54. The molecule has 0 saturated heterocycles. The molecule has 4 aromatic rings. The number of benzene rings is 2. The first-order valence-corrected chi connectivity index (χ1v) is 12.7. The fraction of sp³-hybridized carbons (Fsp3) is 0.115. The van der Waals surface area contributed by atoms with Gasteiger partial charge >= 0.3 is 5.97 Å². The van der Waals surface area contributed by atoms with Gasteiger partial charge in [0.1, 0.15) is 6.04 Å². The average Bonchev–Trinajstić information content (AvgIpc) is 3.49. The molecule has 170 valence electrons. The fourth-order valence-corrected chi connectivity index (χ4v) is 5.90. The lowest BCUT2D eigenvalue weighted by Gasteiger charge is -2.24. The van der Waals surface area contributed by atoms with E-state index in [9.17, 15) is 9.59 Å². The molecule has 1 aliphatic heterocycles. The monoisotopic (exact) mass is 506 g/mol. The van der Waals surface area contributed by atoms with E-state index in [-0.39, 0.29) is 12.2 Å². The Morgan fingerprint density at radius 2 is 1.88 bits per heavy atom. The number of hydrogen-bond donors (Lipinski definition) is 0. The van der Waals surface area contributed by atoms with Crippen LogP contribution in [0.5, 0.6) is 0 Å². The average molecular weight is 507 g/mol. The van der Waals surface area contributed by atoms with Crippen LogP contribution in [0.15, 0.2) is 87.5 Å². The van der Waals surface area contributed by atoms with Gasteiger partial charge in [0.05, 0.1) is 22.4 Å². The lowest BCUT2D eigenvalue weighted by molar-refractivity contribution is -0.138. The molecule has 0 unspecified atom stereocenters. The maximum Gasteiger partial charge on any atom is 0.338 e. The van der Waals surface area contributed by atoms with Gasteiger partial charge in [-0.05, 0) is 36.1 Å². The fourth-order valence-electron chi connectivity index (χ4n) is 3.89. The summed E-state index contributed by atoms with van der Waals surface area (Å²) in [5, 5.41) is 2.49. The van der Waals surface area contributed by atoms with Crippen molar-refractivity contribution in [2.45, 2.75) is 13.0 Å². The van der Waals surface area contributed by atoms with E-state index in [1.165, 1.54) is 22.7 Å². The van der Waals surface area contributed by atoms with Gasteiger partial charge in [-0.15, -0.1) is 11.3 Å². The summed E-state index contributed by atoms with van der Waals surface area (Å²) in [5.74, 6) is -0.483. The van der Waals surface area contributed by atoms with Crippen LogP contribution in [0.4, 0.5) is 0 Å². The molecule has 5 nitrogen and oxygen atoms in total. The van der Waals surface area contributed by atoms with Crippen LogP contribution in [0.2, 0.25) is 5.02 Å². The van der Waals surface area contributed by atoms with E-state index in [0.29, 0.717) is 25.6 Å². The molecular weight excluding hydrogens is 488 g/mol. The first kappa shape index (κ1) is 22.5. The molecule has 5 rings (SSSR count). The minimum absolute atomic E-state index is 0.221. The molecule has 0 saturated carbocycles. The Kier molecular flexibility index (Phi) is 6.32. The van der Waals surface area contributed by atoms with Crippen LogP contribution in [0.25, 0.3) is 11.8 Å². The van der Waals surface area contributed by atoms with E-state index < -0.39 is 12.0 Å². The molecule has 0 bridgehead atoms. The second-order valence-electron chi connectivity index (χ2n) is 7.47. The first-order chi connectivity index (χ1) is 16.6. The molecule has 0 amide bonds. The molecular formula is C26H19ClN2O3S2. The van der Waals surface area contributed by atoms with E-state index in [1.54, 1.807) is 23.6 Å². The summed E-state index contributed by atoms with van der Waals surface area (Å²) in [7, 11) is 0. The van der Waals surface area contributed by atoms with Crippen molar-refractivity contribution >= 4 is 52.0 Å². The minimum Gasteiger partial charge on any atom is -0.463 e. The molecule has 2 aromatic carbocycles. The van der Waals surface area contributed by atoms with Gasteiger partial charge in [0, 0.05) is 15.5 Å². The standard InChI is InChI=1S/C26H19ClN2O3S2/c1-2-32-25(31)21-22(16-9-4-3-5-10-16)28-26-29(23(21)19-13-8-14-33-19)24(30)20(34-26)15-17-11-6-7-12-18(17)27/h3-15,23H,2H2,1H3/b20-15-/t23-/m0/s1. The van der Waals surface area contributed by atoms with Gasteiger partial charge in [0.25, 0.3) is 5.56 Å². The number of thiophene rings is 1. The molecule has 1 aliphatic rings. The van der Waals surface area contributed by atoms with Crippen LogP contribution in [-0.4, -0.2) is 17.1 Å². The van der Waals surface area contributed by atoms with Crippen molar-refractivity contribution in [2.24, 2.45) is 4.99 Å². The summed E-state index contributed by atoms with van der Waals surface area (Å²) < 4.78 is 7.53. The summed E-state index contributed by atoms with van der Waals surface area (Å²) in [5.41, 5.74) is 2.18. The molecule has 0 N–H and O–H groups in total. The number of halogens is 1. The lowest BCUT2D eigenvalue weighted by atomic mass is 9.97. The molecule has 34 heavy (non-hydrogen) atoms. The van der Waals surface area contributed by atoms with Crippen molar-refractivity contribution in [3.8, 4) is 0 Å². The summed E-state index contributed by atoms with van der Waals surface area (Å²) in [6, 6.07) is 20.1. The Morgan fingerprint density at radius 3 is 2.59 bits per heavy atom. The van der Waals surface area contributed by atoms with Gasteiger partial charge in [-0.25, -0.2) is 9.79 Å². The quantitative estimate of drug-likeness (QED) is 0.370. The van der Waals surface area contributed by atoms with Gasteiger partial charge < -0.3 is 4.74 Å². The zero-order chi connectivity index (χ0) is 23.7. The third kappa shape index (κ3) is 4.07. The molecule has 0 spiro atoms. The number of esters is 1. The molecule has 0 fully saturated rings. The normalized spacial score (nSPS) is 15.7. The first-order valence-electron chi connectivity index (χ1n) is 10.6. The highest BCUT2D eigenvalue weighted by atomic mass is 35.5. The molecule has 0 aliphatic carbocycles. The highest BCUT2D eigenvalue weighted by molar-refractivity contribution is 7.10. The molecule has 2 aromatic heterocycles. The van der Waals surface area contributed by atoms with Crippen molar-refractivity contribution in [3.63, 3.8) is 0 Å². The molecule has 1 atom stereocenters. The predicted molar refractivity (Wildman–Crippen MR) is 137 cm³/mol. The van der Waals surface area contributed by atoms with Crippen molar-refractivity contribution in [3.05, 3.63) is 118 Å². The van der Waals surface area contributed by atoms with Crippen molar-refractivity contribution in [1.29, 1.82) is 0 Å². The largest absolute Gasteiger partial charge is 0.463 e. The van der Waals surface area contributed by atoms with Crippen molar-refractivity contribution < 1.29 is 9.53 Å². The number of aromatic nitrogens is 1. The van der Waals surface area contributed by atoms with Crippen LogP contribution in [0, 0.1) is 0 Å². The Balaban J connectivity index is 1.83. The SMILES string of the molecule is CCOC(=O)C1=C(c2ccccc2)N=c2s/c(=C\c3ccccc3Cl)c(=O)n2[C@H]1c1cccs1. The van der Waals surface area contributed by atoms with Gasteiger partial charge in [0.2, 0.25) is 0 Å². The maximum absolute atomic E-state index is 13.7. The lowest BCUT2D eigenvalue weighted by Crippen LogP contribution is -2.39. The number of hydrogen-bond acceptors (Lipinski definition) is 6. The summed E-state index contributed by atoms with van der Waals surface area (Å²) >= 11 is 9.10. The zero-order valence-electron chi connectivity index (χ0n) is 18.1. The molecule has 3 heterocycles. The Hall–Kier alpha value is -3.26. The number of rotatable bonds is 5. The summed E-state index contributed by atoms with van der Waals surface area (Å²) in [4.78, 5) is 33.1. The summed E-state index contributed by atoms with van der Waals surface area (Å²) in [6.07, 6.45) is 1.77. The van der Waals surface area contributed by atoms with E-state index in [0.717, 1.165) is 16.0 Å². The second-order valence-corrected chi connectivity index (χ2v) is 9.86. The van der Waals surface area contributed by atoms with Gasteiger partial charge in [-0.3, -0.25) is 9.36 Å². The maximum atomic E-state index is 13.7. The van der Waals surface area contributed by atoms with Crippen LogP contribution in [0.3, 0.4) is 0 Å². The third-order valence-electron chi connectivity index (χ3n) is 5.38. The Bertz CT molecular complexity index is 1570. The summed E-state index contributed by atoms with van der Waals surface area (Å²) in [6.45, 7) is 1.98. The Morgan fingerprint density at radius 1 is 1.12 bits per heavy atom. The molecule has 0 radical (unpaired) electrons. The number of thiazole rings is 1. The number of carbonyl (C=O) groups excluding carboxylic acids is 1. The van der Waals surface area contributed by atoms with Crippen LogP contribution >= 0.6 is 34.3 Å². The van der Waals surface area contributed by atoms with Crippen LogP contribution in [0.1, 0.15) is 29.0 Å². The molecule has 8 heteroatoms. The van der Waals surface area contributed by atoms with Crippen LogP contribution in [-0.2, 0) is 9.53 Å². The number of nitrogens with zero attached hydrogens (tertiary/aromatic N) is 2. The van der Waals surface area contributed by atoms with Crippen molar-refractivity contribution in [2.75, 3.05) is 6.61 Å². The number of fused-ring (bicyclic) bond motifs is 1. The highest BCUT2D eigenvalue weighted by Crippen LogP contribution is 2.36. The van der Waals surface area contributed by atoms with Gasteiger partial charge in [0.15, 0.2) is 4.80 Å². The zero-order valence-corrected chi connectivity index (χ0v) is 20.5. The van der Waals surface area contributed by atoms with Crippen molar-refractivity contribution in [1.82, 2.24) is 4.57 Å². The van der Waals surface area contributed by atoms with Gasteiger partial charge in [-0.2, -0.15) is 0 Å². The smallest absolute Gasteiger partial charge is 0.338 e. The predicted octanol–water partition coefficient (Wildman–Crippen LogP) is 4.65.